The van der Waals surface area contributed by atoms with Gasteiger partial charge in [0.15, 0.2) is 11.6 Å². The Bertz CT molecular complexity index is 613. The summed E-state index contributed by atoms with van der Waals surface area (Å²) in [6, 6.07) is 0.174. The Morgan fingerprint density at radius 1 is 1.14 bits per heavy atom. The Morgan fingerprint density at radius 2 is 1.76 bits per heavy atom. The number of halogens is 4. The molecule has 0 radical (unpaired) electrons. The minimum atomic E-state index is -4.22. The first-order valence-electron chi connectivity index (χ1n) is 6.24. The van der Waals surface area contributed by atoms with E-state index < -0.39 is 38.4 Å². The highest BCUT2D eigenvalue weighted by Gasteiger charge is 2.35. The molecule has 1 unspecified atom stereocenters. The van der Waals surface area contributed by atoms with Crippen LogP contribution in [0.3, 0.4) is 0 Å². The van der Waals surface area contributed by atoms with Crippen molar-refractivity contribution >= 4 is 22.4 Å². The van der Waals surface area contributed by atoms with Crippen molar-refractivity contribution in [2.75, 3.05) is 13.1 Å². The molecule has 1 aromatic rings. The van der Waals surface area contributed by atoms with Crippen LogP contribution < -0.4 is 5.73 Å². The van der Waals surface area contributed by atoms with E-state index in [0.29, 0.717) is 18.9 Å². The van der Waals surface area contributed by atoms with Crippen molar-refractivity contribution in [3.8, 4) is 0 Å². The molecule has 1 fully saturated rings. The quantitative estimate of drug-likeness (QED) is 0.853. The molecule has 2 N–H and O–H groups in total. The van der Waals surface area contributed by atoms with Crippen molar-refractivity contribution in [1.29, 1.82) is 0 Å². The molecular weight excluding hydrogens is 329 g/mol. The molecule has 2 rings (SSSR count). The monoisotopic (exact) mass is 344 g/mol. The zero-order valence-electron chi connectivity index (χ0n) is 11.1. The Morgan fingerprint density at radius 3 is 2.38 bits per heavy atom. The standard InChI is InChI=1S/C12H15F3N2O2S.ClH/c13-9-5-11(15)12(6-10(9)14)20(18,19)17-4-2-1-3-8(17)7-16;/h5-6,8H,1-4,7,16H2;1H. The Balaban J connectivity index is 0.00000220. The van der Waals surface area contributed by atoms with Gasteiger partial charge in [-0.05, 0) is 18.9 Å². The average molecular weight is 345 g/mol. The van der Waals surface area contributed by atoms with Crippen molar-refractivity contribution in [2.45, 2.75) is 30.2 Å². The fourth-order valence-corrected chi connectivity index (χ4v) is 4.12. The first-order chi connectivity index (χ1) is 9.37. The third-order valence-corrected chi connectivity index (χ3v) is 5.37. The van der Waals surface area contributed by atoms with E-state index in [9.17, 15) is 21.6 Å². The molecule has 1 aromatic carbocycles. The summed E-state index contributed by atoms with van der Waals surface area (Å²) < 4.78 is 65.6. The molecule has 0 bridgehead atoms. The van der Waals surface area contributed by atoms with Crippen LogP contribution in [0.25, 0.3) is 0 Å². The second-order valence-electron chi connectivity index (χ2n) is 4.70. The lowest BCUT2D eigenvalue weighted by Gasteiger charge is -2.33. The number of hydrogen-bond acceptors (Lipinski definition) is 3. The van der Waals surface area contributed by atoms with E-state index in [2.05, 4.69) is 0 Å². The maximum Gasteiger partial charge on any atom is 0.246 e. The van der Waals surface area contributed by atoms with E-state index in [1.165, 1.54) is 0 Å². The Kier molecular flexibility index (Phi) is 6.03. The lowest BCUT2D eigenvalue weighted by Crippen LogP contribution is -2.47. The second-order valence-corrected chi connectivity index (χ2v) is 6.56. The topological polar surface area (TPSA) is 63.4 Å². The lowest BCUT2D eigenvalue weighted by atomic mass is 10.1. The highest BCUT2D eigenvalue weighted by Crippen LogP contribution is 2.27. The van der Waals surface area contributed by atoms with Gasteiger partial charge in [-0.15, -0.1) is 12.4 Å². The van der Waals surface area contributed by atoms with Crippen LogP contribution in [-0.4, -0.2) is 31.9 Å². The van der Waals surface area contributed by atoms with Gasteiger partial charge in [-0.25, -0.2) is 21.6 Å². The van der Waals surface area contributed by atoms with Gasteiger partial charge >= 0.3 is 0 Å². The number of piperidine rings is 1. The maximum absolute atomic E-state index is 13.7. The number of rotatable bonds is 3. The molecule has 1 atom stereocenters. The van der Waals surface area contributed by atoms with Crippen LogP contribution >= 0.6 is 12.4 Å². The van der Waals surface area contributed by atoms with E-state index in [1.54, 1.807) is 0 Å². The van der Waals surface area contributed by atoms with E-state index in [4.69, 9.17) is 5.73 Å². The summed E-state index contributed by atoms with van der Waals surface area (Å²) in [5.41, 5.74) is 5.53. The number of benzene rings is 1. The van der Waals surface area contributed by atoms with Gasteiger partial charge in [0.05, 0.1) is 0 Å². The van der Waals surface area contributed by atoms with Gasteiger partial charge in [-0.1, -0.05) is 6.42 Å². The first-order valence-corrected chi connectivity index (χ1v) is 7.68. The number of sulfonamides is 1. The molecule has 0 aliphatic carbocycles. The smallest absolute Gasteiger partial charge is 0.246 e. The van der Waals surface area contributed by atoms with Crippen molar-refractivity contribution in [3.63, 3.8) is 0 Å². The minimum Gasteiger partial charge on any atom is -0.329 e. The highest BCUT2D eigenvalue weighted by atomic mass is 35.5. The van der Waals surface area contributed by atoms with Gasteiger partial charge in [0, 0.05) is 25.2 Å². The third-order valence-electron chi connectivity index (χ3n) is 3.41. The molecule has 9 heteroatoms. The van der Waals surface area contributed by atoms with Crippen molar-refractivity contribution in [3.05, 3.63) is 29.6 Å². The van der Waals surface area contributed by atoms with Gasteiger partial charge in [0.2, 0.25) is 10.0 Å². The number of nitrogens with two attached hydrogens (primary N) is 1. The summed E-state index contributed by atoms with van der Waals surface area (Å²) in [7, 11) is -4.22. The normalized spacial score (nSPS) is 20.1. The SMILES string of the molecule is Cl.NCC1CCCCN1S(=O)(=O)c1cc(F)c(F)cc1F. The Labute approximate surface area is 127 Å². The van der Waals surface area contributed by atoms with E-state index in [0.717, 1.165) is 10.7 Å². The number of nitrogens with zero attached hydrogens (tertiary/aromatic N) is 1. The molecule has 0 spiro atoms. The van der Waals surface area contributed by atoms with E-state index in [-0.39, 0.29) is 31.6 Å². The van der Waals surface area contributed by atoms with Crippen LogP contribution in [0.15, 0.2) is 17.0 Å². The molecule has 21 heavy (non-hydrogen) atoms. The minimum absolute atomic E-state index is 0. The van der Waals surface area contributed by atoms with Gasteiger partial charge < -0.3 is 5.73 Å². The van der Waals surface area contributed by atoms with Gasteiger partial charge in [0.1, 0.15) is 10.7 Å². The van der Waals surface area contributed by atoms with Crippen molar-refractivity contribution in [1.82, 2.24) is 4.31 Å². The molecule has 1 heterocycles. The fraction of sp³-hybridized carbons (Fsp3) is 0.500. The van der Waals surface area contributed by atoms with Crippen LogP contribution in [0.1, 0.15) is 19.3 Å². The first kappa shape index (κ1) is 18.2. The van der Waals surface area contributed by atoms with Crippen LogP contribution in [0.5, 0.6) is 0 Å². The molecule has 120 valence electrons. The molecular formula is C12H16ClF3N2O2S. The number of hydrogen-bond donors (Lipinski definition) is 1. The predicted octanol–water partition coefficient (Wildman–Crippen LogP) is 2.03. The van der Waals surface area contributed by atoms with Crippen LogP contribution in [-0.2, 0) is 10.0 Å². The summed E-state index contributed by atoms with van der Waals surface area (Å²) in [6.07, 6.45) is 2.02. The average Bonchev–Trinajstić information content (AvgIpc) is 2.42. The molecule has 4 nitrogen and oxygen atoms in total. The highest BCUT2D eigenvalue weighted by molar-refractivity contribution is 7.89. The van der Waals surface area contributed by atoms with Gasteiger partial charge in [-0.3, -0.25) is 0 Å². The molecule has 0 saturated carbocycles. The maximum atomic E-state index is 13.7. The van der Waals surface area contributed by atoms with E-state index in [1.807, 2.05) is 0 Å². The molecule has 1 saturated heterocycles. The summed E-state index contributed by atoms with van der Waals surface area (Å²) in [4.78, 5) is -0.850. The van der Waals surface area contributed by atoms with Crippen LogP contribution in [0.4, 0.5) is 13.2 Å². The summed E-state index contributed by atoms with van der Waals surface area (Å²) >= 11 is 0. The zero-order valence-corrected chi connectivity index (χ0v) is 12.7. The fourth-order valence-electron chi connectivity index (χ4n) is 2.35. The second kappa shape index (κ2) is 6.95. The largest absolute Gasteiger partial charge is 0.329 e. The van der Waals surface area contributed by atoms with Crippen molar-refractivity contribution < 1.29 is 21.6 Å². The molecule has 0 aromatic heterocycles. The lowest BCUT2D eigenvalue weighted by molar-refractivity contribution is 0.256. The van der Waals surface area contributed by atoms with Gasteiger partial charge in [-0.2, -0.15) is 4.31 Å². The molecule has 1 aliphatic heterocycles. The predicted molar refractivity (Wildman–Crippen MR) is 74.1 cm³/mol. The van der Waals surface area contributed by atoms with Crippen LogP contribution in [0.2, 0.25) is 0 Å². The summed E-state index contributed by atoms with van der Waals surface area (Å²) in [5.74, 6) is -4.12. The van der Waals surface area contributed by atoms with E-state index >= 15 is 0 Å². The molecule has 1 aliphatic rings. The van der Waals surface area contributed by atoms with Gasteiger partial charge in [0.25, 0.3) is 0 Å². The summed E-state index contributed by atoms with van der Waals surface area (Å²) in [6.45, 7) is 0.299. The zero-order chi connectivity index (χ0) is 14.9. The molecule has 0 amide bonds. The van der Waals surface area contributed by atoms with Crippen molar-refractivity contribution in [2.24, 2.45) is 5.73 Å². The Hall–Kier alpha value is -0.830. The summed E-state index contributed by atoms with van der Waals surface area (Å²) in [5, 5.41) is 0. The van der Waals surface area contributed by atoms with Crippen LogP contribution in [0, 0.1) is 17.5 Å². The third kappa shape index (κ3) is 3.50.